The molecule has 34 heavy (non-hydrogen) atoms. The Balaban J connectivity index is 1.51. The number of hydrogen-bond acceptors (Lipinski definition) is 4. The van der Waals surface area contributed by atoms with Crippen molar-refractivity contribution in [3.05, 3.63) is 64.4 Å². The third kappa shape index (κ3) is 3.56. The van der Waals surface area contributed by atoms with Gasteiger partial charge in [0.05, 0.1) is 22.8 Å². The van der Waals surface area contributed by atoms with E-state index in [9.17, 15) is 23.1 Å². The van der Waals surface area contributed by atoms with Gasteiger partial charge in [-0.3, -0.25) is 4.79 Å². The fourth-order valence-electron chi connectivity index (χ4n) is 6.17. The van der Waals surface area contributed by atoms with Crippen molar-refractivity contribution >= 4 is 11.4 Å². The predicted molar refractivity (Wildman–Crippen MR) is 119 cm³/mol. The first-order valence-corrected chi connectivity index (χ1v) is 11.6. The first kappa shape index (κ1) is 22.5. The van der Waals surface area contributed by atoms with Crippen molar-refractivity contribution in [3.8, 4) is 17.6 Å². The average Bonchev–Trinajstić information content (AvgIpc) is 3.11. The largest absolute Gasteiger partial charge is 0.511 e. The molecule has 3 fully saturated rings. The molecule has 0 aliphatic heterocycles. The van der Waals surface area contributed by atoms with Crippen LogP contribution < -0.4 is 4.74 Å². The van der Waals surface area contributed by atoms with E-state index >= 15 is 0 Å². The first-order valence-electron chi connectivity index (χ1n) is 11.6. The quantitative estimate of drug-likeness (QED) is 0.535. The lowest BCUT2D eigenvalue weighted by Gasteiger charge is -2.44. The number of nitrogens with zero attached hydrogens (tertiary/aromatic N) is 1. The Bertz CT molecular complexity index is 1230. The molecule has 0 radical (unpaired) electrons. The highest BCUT2D eigenvalue weighted by Gasteiger charge is 2.54. The van der Waals surface area contributed by atoms with Crippen LogP contribution in [-0.2, 0) is 17.4 Å². The van der Waals surface area contributed by atoms with E-state index in [2.05, 4.69) is 0 Å². The maximum Gasteiger partial charge on any atom is 0.417 e. The summed E-state index contributed by atoms with van der Waals surface area (Å²) in [5, 5.41) is 20.3. The Labute approximate surface area is 195 Å². The molecule has 0 aromatic heterocycles. The molecule has 0 spiro atoms. The number of carbonyl (C=O) groups is 1. The number of aryl methyl sites for hydroxylation is 1. The van der Waals surface area contributed by atoms with E-state index in [-0.39, 0.29) is 29.1 Å². The second kappa shape index (κ2) is 8.19. The zero-order valence-electron chi connectivity index (χ0n) is 18.7. The van der Waals surface area contributed by atoms with E-state index in [0.29, 0.717) is 35.1 Å². The number of ether oxygens (including phenoxy) is 1. The van der Waals surface area contributed by atoms with Crippen LogP contribution in [0.3, 0.4) is 0 Å². The van der Waals surface area contributed by atoms with Crippen molar-refractivity contribution in [2.45, 2.75) is 45.2 Å². The minimum Gasteiger partial charge on any atom is -0.511 e. The number of aliphatic hydroxyl groups is 1. The van der Waals surface area contributed by atoms with Gasteiger partial charge >= 0.3 is 6.18 Å². The molecule has 2 atom stereocenters. The molecule has 4 aliphatic rings. The van der Waals surface area contributed by atoms with E-state index < -0.39 is 17.3 Å². The molecule has 2 bridgehead atoms. The SMILES string of the molecule is CCc1ccc(Oc2ccc(C(F)(F)F)c(C#N)c2)cc1C1=C(O)C2C3CCC(CC3)C2C1=O. The van der Waals surface area contributed by atoms with Gasteiger partial charge in [-0.1, -0.05) is 13.0 Å². The van der Waals surface area contributed by atoms with E-state index in [1.165, 1.54) is 6.07 Å². The van der Waals surface area contributed by atoms with Gasteiger partial charge in [-0.15, -0.1) is 0 Å². The Hall–Kier alpha value is -3.27. The highest BCUT2D eigenvalue weighted by Crippen LogP contribution is 2.57. The van der Waals surface area contributed by atoms with Gasteiger partial charge in [0.2, 0.25) is 0 Å². The lowest BCUT2D eigenvalue weighted by Crippen LogP contribution is -2.41. The zero-order valence-corrected chi connectivity index (χ0v) is 18.7. The topological polar surface area (TPSA) is 70.3 Å². The maximum atomic E-state index is 13.5. The van der Waals surface area contributed by atoms with Gasteiger partial charge in [-0.05, 0) is 85.4 Å². The highest BCUT2D eigenvalue weighted by molar-refractivity contribution is 6.25. The number of fused-ring (bicyclic) bond motifs is 2. The molecule has 0 saturated heterocycles. The third-order valence-electron chi connectivity index (χ3n) is 7.72. The van der Waals surface area contributed by atoms with Gasteiger partial charge in [0.15, 0.2) is 5.78 Å². The van der Waals surface area contributed by atoms with E-state index in [4.69, 9.17) is 10.00 Å². The molecule has 176 valence electrons. The number of benzene rings is 2. The minimum atomic E-state index is -4.64. The van der Waals surface area contributed by atoms with Crippen LogP contribution in [0.1, 0.15) is 54.9 Å². The Morgan fingerprint density at radius 3 is 2.24 bits per heavy atom. The highest BCUT2D eigenvalue weighted by atomic mass is 19.4. The van der Waals surface area contributed by atoms with Crippen LogP contribution in [0.25, 0.3) is 5.57 Å². The zero-order chi connectivity index (χ0) is 24.2. The number of carbonyl (C=O) groups excluding carboxylic acids is 1. The normalized spacial score (nSPS) is 25.9. The van der Waals surface area contributed by atoms with Crippen molar-refractivity contribution in [1.29, 1.82) is 5.26 Å². The molecule has 1 N–H and O–H groups in total. The van der Waals surface area contributed by atoms with Crippen LogP contribution in [-0.4, -0.2) is 10.9 Å². The van der Waals surface area contributed by atoms with Gasteiger partial charge < -0.3 is 9.84 Å². The number of ketones is 1. The fraction of sp³-hybridized carbons (Fsp3) is 0.407. The van der Waals surface area contributed by atoms with Gasteiger partial charge in [0.1, 0.15) is 17.3 Å². The van der Waals surface area contributed by atoms with Crippen LogP contribution in [0, 0.1) is 35.0 Å². The number of allylic oxidation sites excluding steroid dienone is 2. The third-order valence-corrected chi connectivity index (χ3v) is 7.72. The summed E-state index contributed by atoms with van der Waals surface area (Å²) in [6.07, 6.45) is 0.127. The van der Waals surface area contributed by atoms with E-state index in [0.717, 1.165) is 43.4 Å². The fourth-order valence-corrected chi connectivity index (χ4v) is 6.17. The second-order valence-electron chi connectivity index (χ2n) is 9.44. The van der Waals surface area contributed by atoms with Gasteiger partial charge in [0, 0.05) is 11.8 Å². The molecule has 6 rings (SSSR count). The molecule has 4 nitrogen and oxygen atoms in total. The Morgan fingerprint density at radius 1 is 1.03 bits per heavy atom. The van der Waals surface area contributed by atoms with Crippen LogP contribution in [0.2, 0.25) is 0 Å². The summed E-state index contributed by atoms with van der Waals surface area (Å²) in [5.41, 5.74) is 0.317. The standard InChI is InChI=1S/C27H24F3NO3/c1-2-14-7-8-19(34-18-9-10-21(27(28,29)30)17(11-18)13-31)12-20(14)24-25(32)22-15-3-4-16(6-5-15)23(22)26(24)33/h7-12,15-16,22-23,32H,2-6H2,1H3. The molecular formula is C27H24F3NO3. The van der Waals surface area contributed by atoms with Crippen LogP contribution >= 0.6 is 0 Å². The lowest BCUT2D eigenvalue weighted by molar-refractivity contribution is -0.137. The molecular weight excluding hydrogens is 443 g/mol. The number of halogens is 3. The molecule has 2 aromatic rings. The van der Waals surface area contributed by atoms with Gasteiger partial charge in [0.25, 0.3) is 0 Å². The molecule has 4 aliphatic carbocycles. The number of rotatable bonds is 4. The number of Topliss-reactive ketones (excluding diaryl/α,β-unsaturated/α-hetero) is 1. The van der Waals surface area contributed by atoms with Crippen molar-refractivity contribution < 1.29 is 27.8 Å². The summed E-state index contributed by atoms with van der Waals surface area (Å²) < 4.78 is 45.1. The van der Waals surface area contributed by atoms with E-state index in [1.807, 2.05) is 13.0 Å². The number of hydrogen-bond donors (Lipinski definition) is 1. The minimum absolute atomic E-state index is 0.00922. The summed E-state index contributed by atoms with van der Waals surface area (Å²) in [6.45, 7) is 1.96. The molecule has 7 heteroatoms. The number of aliphatic hydroxyl groups excluding tert-OH is 1. The Morgan fingerprint density at radius 2 is 1.65 bits per heavy atom. The first-order chi connectivity index (χ1) is 16.2. The second-order valence-corrected chi connectivity index (χ2v) is 9.44. The van der Waals surface area contributed by atoms with Crippen molar-refractivity contribution in [3.63, 3.8) is 0 Å². The molecule has 3 saturated carbocycles. The maximum absolute atomic E-state index is 13.5. The monoisotopic (exact) mass is 467 g/mol. The molecule has 0 heterocycles. The van der Waals surface area contributed by atoms with Crippen molar-refractivity contribution in [2.24, 2.45) is 23.7 Å². The van der Waals surface area contributed by atoms with E-state index in [1.54, 1.807) is 18.2 Å². The summed E-state index contributed by atoms with van der Waals surface area (Å²) in [5.74, 6) is 0.940. The van der Waals surface area contributed by atoms with Gasteiger partial charge in [-0.25, -0.2) is 0 Å². The van der Waals surface area contributed by atoms with Crippen LogP contribution in [0.4, 0.5) is 13.2 Å². The molecule has 0 amide bonds. The number of alkyl halides is 3. The van der Waals surface area contributed by atoms with Crippen molar-refractivity contribution in [1.82, 2.24) is 0 Å². The molecule has 2 aromatic carbocycles. The summed E-state index contributed by atoms with van der Waals surface area (Å²) >= 11 is 0. The van der Waals surface area contributed by atoms with Crippen molar-refractivity contribution in [2.75, 3.05) is 0 Å². The lowest BCUT2D eigenvalue weighted by atomic mass is 9.59. The summed E-state index contributed by atoms with van der Waals surface area (Å²) in [7, 11) is 0. The summed E-state index contributed by atoms with van der Waals surface area (Å²) in [4.78, 5) is 13.5. The smallest absolute Gasteiger partial charge is 0.417 e. The molecule has 2 unspecified atom stereocenters. The van der Waals surface area contributed by atoms with Gasteiger partial charge in [-0.2, -0.15) is 18.4 Å². The average molecular weight is 467 g/mol. The number of nitriles is 1. The van der Waals surface area contributed by atoms with Crippen LogP contribution in [0.5, 0.6) is 11.5 Å². The predicted octanol–water partition coefficient (Wildman–Crippen LogP) is 6.84. The Kier molecular flexibility index (Phi) is 5.43. The summed E-state index contributed by atoms with van der Waals surface area (Å²) in [6, 6.07) is 9.78. The van der Waals surface area contributed by atoms with Crippen LogP contribution in [0.15, 0.2) is 42.2 Å².